The number of hydrogen-bond acceptors (Lipinski definition) is 8. The summed E-state index contributed by atoms with van der Waals surface area (Å²) in [6, 6.07) is 0. The van der Waals surface area contributed by atoms with E-state index in [1.165, 1.54) is 19.3 Å². The van der Waals surface area contributed by atoms with Gasteiger partial charge in [-0.05, 0) is 64.2 Å². The van der Waals surface area contributed by atoms with E-state index in [0.717, 1.165) is 77.0 Å². The Morgan fingerprint density at radius 2 is 1.08 bits per heavy atom. The first-order chi connectivity index (χ1) is 25.6. The first kappa shape index (κ1) is 49.7. The van der Waals surface area contributed by atoms with Gasteiger partial charge in [0.2, 0.25) is 0 Å². The van der Waals surface area contributed by atoms with Crippen molar-refractivity contribution in [3.8, 4) is 0 Å². The lowest BCUT2D eigenvalue weighted by molar-refractivity contribution is -0.870. The summed E-state index contributed by atoms with van der Waals surface area (Å²) < 4.78 is 22.3. The molecule has 0 aromatic heterocycles. The lowest BCUT2D eigenvalue weighted by Crippen LogP contribution is -2.44. The molecule has 53 heavy (non-hydrogen) atoms. The maximum atomic E-state index is 12.7. The Hall–Kier alpha value is -3.27. The highest BCUT2D eigenvalue weighted by molar-refractivity contribution is 5.70. The predicted octanol–water partition coefficient (Wildman–Crippen LogP) is 8.66. The number of aliphatic carboxylic acids is 1. The van der Waals surface area contributed by atoms with Crippen molar-refractivity contribution in [3.63, 3.8) is 0 Å². The van der Waals surface area contributed by atoms with Crippen LogP contribution < -0.4 is 5.11 Å². The molecule has 9 nitrogen and oxygen atoms in total. The zero-order valence-corrected chi connectivity index (χ0v) is 33.9. The fourth-order valence-electron chi connectivity index (χ4n) is 4.83. The molecule has 0 heterocycles. The topological polar surface area (TPSA) is 111 Å². The monoisotopic (exact) mass is 744 g/mol. The third-order valence-electron chi connectivity index (χ3n) is 7.97. The van der Waals surface area contributed by atoms with Crippen LogP contribution >= 0.6 is 0 Å². The Morgan fingerprint density at radius 3 is 1.60 bits per heavy atom. The third-order valence-corrected chi connectivity index (χ3v) is 7.97. The number of carboxylic acids is 1. The maximum absolute atomic E-state index is 12.7. The number of carbonyl (C=O) groups excluding carboxylic acids is 3. The molecule has 0 aliphatic rings. The minimum absolute atomic E-state index is 0.136. The van der Waals surface area contributed by atoms with E-state index in [1.807, 2.05) is 21.1 Å². The second-order valence-corrected chi connectivity index (χ2v) is 14.2. The molecule has 302 valence electrons. The summed E-state index contributed by atoms with van der Waals surface area (Å²) in [7, 11) is 5.87. The van der Waals surface area contributed by atoms with Crippen LogP contribution in [-0.2, 0) is 33.3 Å². The van der Waals surface area contributed by atoms with Gasteiger partial charge in [0.15, 0.2) is 12.4 Å². The number of hydrogen-bond donors (Lipinski definition) is 0. The first-order valence-corrected chi connectivity index (χ1v) is 20.1. The van der Waals surface area contributed by atoms with Gasteiger partial charge in [-0.15, -0.1) is 0 Å². The lowest BCUT2D eigenvalue weighted by atomic mass is 10.1. The van der Waals surface area contributed by atoms with Gasteiger partial charge in [-0.2, -0.15) is 0 Å². The van der Waals surface area contributed by atoms with Gasteiger partial charge >= 0.3 is 11.9 Å². The molecule has 0 aliphatic heterocycles. The smallest absolute Gasteiger partial charge is 0.306 e. The lowest BCUT2D eigenvalue weighted by Gasteiger charge is -2.26. The predicted molar refractivity (Wildman–Crippen MR) is 214 cm³/mol. The van der Waals surface area contributed by atoms with Crippen molar-refractivity contribution >= 4 is 17.9 Å². The molecule has 0 bridgehead atoms. The first-order valence-electron chi connectivity index (χ1n) is 20.1. The fraction of sp³-hybridized carbons (Fsp3) is 0.659. The SMILES string of the molecule is CC/C=C\C/C=C\C/C=C\C/C=C\C/C=C\C/C=C\CCCCC(=O)OC(COC(=O)CCCCCCCCC)COC(OCC[N+](C)(C)C)C(=O)[O-]. The second kappa shape index (κ2) is 35.7. The maximum Gasteiger partial charge on any atom is 0.306 e. The van der Waals surface area contributed by atoms with Crippen LogP contribution in [0.25, 0.3) is 0 Å². The van der Waals surface area contributed by atoms with Gasteiger partial charge in [0.25, 0.3) is 0 Å². The van der Waals surface area contributed by atoms with Crippen molar-refractivity contribution in [3.05, 3.63) is 72.9 Å². The number of rotatable bonds is 35. The third kappa shape index (κ3) is 36.9. The van der Waals surface area contributed by atoms with E-state index >= 15 is 0 Å². The molecular weight excluding hydrogens is 670 g/mol. The van der Waals surface area contributed by atoms with E-state index in [-0.39, 0.29) is 38.6 Å². The summed E-state index contributed by atoms with van der Waals surface area (Å²) >= 11 is 0. The van der Waals surface area contributed by atoms with Crippen LogP contribution in [-0.4, -0.2) is 82.3 Å². The quantitative estimate of drug-likeness (QED) is 0.0209. The van der Waals surface area contributed by atoms with E-state index < -0.39 is 24.3 Å². The zero-order chi connectivity index (χ0) is 39.3. The fourth-order valence-corrected chi connectivity index (χ4v) is 4.83. The number of nitrogens with zero attached hydrogens (tertiary/aromatic N) is 1. The summed E-state index contributed by atoms with van der Waals surface area (Å²) in [6.45, 7) is 4.48. The Balaban J connectivity index is 4.52. The second-order valence-electron chi connectivity index (χ2n) is 14.2. The largest absolute Gasteiger partial charge is 0.545 e. The summed E-state index contributed by atoms with van der Waals surface area (Å²) in [6.07, 6.45) is 39.6. The molecule has 0 fully saturated rings. The molecule has 0 aromatic carbocycles. The molecular formula is C44H73NO8. The normalized spacial score (nSPS) is 13.8. The molecule has 0 rings (SSSR count). The zero-order valence-electron chi connectivity index (χ0n) is 33.9. The van der Waals surface area contributed by atoms with Crippen molar-refractivity contribution in [2.75, 3.05) is 47.5 Å². The standard InChI is InChI=1S/C44H73NO8/c1-6-8-10-12-14-15-16-17-18-19-20-21-22-23-24-25-26-27-29-31-33-35-42(47)53-40(38-51-41(46)34-32-30-28-13-11-9-7-2)39-52-44(43(48)49)50-37-36-45(3,4)5/h8,10,14-15,17-18,20-21,23-24,26-27,40,44H,6-7,9,11-13,16,19,22,25,28-39H2,1-5H3/b10-8-,15-14-,18-17-,21-20-,24-23-,27-26-. The Morgan fingerprint density at radius 1 is 0.585 bits per heavy atom. The number of carboxylic acid groups (broad SMARTS) is 1. The molecule has 0 spiro atoms. The van der Waals surface area contributed by atoms with Gasteiger partial charge in [0.05, 0.1) is 40.3 Å². The van der Waals surface area contributed by atoms with E-state index in [1.54, 1.807) is 0 Å². The summed E-state index contributed by atoms with van der Waals surface area (Å²) in [4.78, 5) is 36.6. The van der Waals surface area contributed by atoms with Crippen LogP contribution in [0.2, 0.25) is 0 Å². The van der Waals surface area contributed by atoms with Crippen LogP contribution in [0.15, 0.2) is 72.9 Å². The Kier molecular flexibility index (Phi) is 33.5. The molecule has 0 saturated carbocycles. The summed E-state index contributed by atoms with van der Waals surface area (Å²) in [5.74, 6) is -2.37. The number of ether oxygens (including phenoxy) is 4. The molecule has 0 aliphatic carbocycles. The van der Waals surface area contributed by atoms with Crippen molar-refractivity contribution in [1.29, 1.82) is 0 Å². The Bertz CT molecular complexity index is 1100. The molecule has 2 atom stereocenters. The highest BCUT2D eigenvalue weighted by Crippen LogP contribution is 2.11. The van der Waals surface area contributed by atoms with Gasteiger partial charge < -0.3 is 33.3 Å². The minimum atomic E-state index is -1.63. The molecule has 0 N–H and O–H groups in total. The number of carbonyl (C=O) groups is 3. The average Bonchev–Trinajstić information content (AvgIpc) is 3.11. The molecule has 0 aromatic rings. The van der Waals surface area contributed by atoms with Gasteiger partial charge in [-0.3, -0.25) is 9.59 Å². The molecule has 0 saturated heterocycles. The molecule has 9 heteroatoms. The molecule has 0 radical (unpaired) electrons. The number of quaternary nitrogens is 1. The van der Waals surface area contributed by atoms with Crippen molar-refractivity contribution in [2.24, 2.45) is 0 Å². The van der Waals surface area contributed by atoms with Gasteiger partial charge in [0, 0.05) is 12.8 Å². The average molecular weight is 744 g/mol. The van der Waals surface area contributed by atoms with Crippen LogP contribution in [0.4, 0.5) is 0 Å². The van der Waals surface area contributed by atoms with E-state index in [9.17, 15) is 19.5 Å². The molecule has 2 unspecified atom stereocenters. The van der Waals surface area contributed by atoms with Crippen LogP contribution in [0.3, 0.4) is 0 Å². The van der Waals surface area contributed by atoms with Gasteiger partial charge in [-0.1, -0.05) is 125 Å². The van der Waals surface area contributed by atoms with Gasteiger partial charge in [-0.25, -0.2) is 0 Å². The van der Waals surface area contributed by atoms with Crippen LogP contribution in [0, 0.1) is 0 Å². The summed E-state index contributed by atoms with van der Waals surface area (Å²) in [5, 5.41) is 11.6. The van der Waals surface area contributed by atoms with Crippen molar-refractivity contribution in [2.45, 2.75) is 142 Å². The highest BCUT2D eigenvalue weighted by atomic mass is 16.7. The van der Waals surface area contributed by atoms with E-state index in [0.29, 0.717) is 17.4 Å². The summed E-state index contributed by atoms with van der Waals surface area (Å²) in [5.41, 5.74) is 0. The minimum Gasteiger partial charge on any atom is -0.545 e. The van der Waals surface area contributed by atoms with Crippen molar-refractivity contribution < 1.29 is 42.9 Å². The van der Waals surface area contributed by atoms with Gasteiger partial charge in [0.1, 0.15) is 13.2 Å². The number of unbranched alkanes of at least 4 members (excludes halogenated alkanes) is 8. The highest BCUT2D eigenvalue weighted by Gasteiger charge is 2.21. The number of esters is 2. The number of allylic oxidation sites excluding steroid dienone is 12. The van der Waals surface area contributed by atoms with Crippen molar-refractivity contribution in [1.82, 2.24) is 0 Å². The van der Waals surface area contributed by atoms with E-state index in [2.05, 4.69) is 86.8 Å². The Labute approximate surface area is 322 Å². The van der Waals surface area contributed by atoms with Crippen LogP contribution in [0.5, 0.6) is 0 Å². The molecule has 0 amide bonds. The van der Waals surface area contributed by atoms with Crippen LogP contribution in [0.1, 0.15) is 129 Å². The van der Waals surface area contributed by atoms with E-state index in [4.69, 9.17) is 18.9 Å². The number of likely N-dealkylation sites (N-methyl/N-ethyl adjacent to an activating group) is 1.